The van der Waals surface area contributed by atoms with E-state index in [-0.39, 0.29) is 5.41 Å². The molecule has 2 rings (SSSR count). The summed E-state index contributed by atoms with van der Waals surface area (Å²) in [6.07, 6.45) is 3.63. The Morgan fingerprint density at radius 1 is 1.22 bits per heavy atom. The summed E-state index contributed by atoms with van der Waals surface area (Å²) in [5.74, 6) is 1.65. The van der Waals surface area contributed by atoms with Crippen LogP contribution < -0.4 is 15.2 Å². The minimum absolute atomic E-state index is 0.160. The van der Waals surface area contributed by atoms with E-state index < -0.39 is 0 Å². The minimum atomic E-state index is 0.160. The van der Waals surface area contributed by atoms with Crippen molar-refractivity contribution in [3.05, 3.63) is 22.8 Å². The van der Waals surface area contributed by atoms with Crippen LogP contribution in [0.3, 0.4) is 0 Å². The molecule has 0 radical (unpaired) electrons. The number of hydrogen-bond acceptors (Lipinski definition) is 3. The summed E-state index contributed by atoms with van der Waals surface area (Å²) >= 11 is 0. The maximum Gasteiger partial charge on any atom is 0.163 e. The molecule has 0 unspecified atom stereocenters. The SMILES string of the molecule is COc1cc(C)c(C2(CN)CCC2)c(C)c1OC. The molecule has 0 spiro atoms. The smallest absolute Gasteiger partial charge is 0.163 e. The van der Waals surface area contributed by atoms with Gasteiger partial charge in [-0.15, -0.1) is 0 Å². The molecule has 0 aromatic heterocycles. The molecule has 3 heteroatoms. The van der Waals surface area contributed by atoms with Gasteiger partial charge in [-0.25, -0.2) is 0 Å². The van der Waals surface area contributed by atoms with Crippen LogP contribution in [0.2, 0.25) is 0 Å². The Hall–Kier alpha value is -1.22. The van der Waals surface area contributed by atoms with E-state index in [0.717, 1.165) is 11.5 Å². The average molecular weight is 249 g/mol. The van der Waals surface area contributed by atoms with Gasteiger partial charge >= 0.3 is 0 Å². The van der Waals surface area contributed by atoms with Gasteiger partial charge in [0, 0.05) is 12.0 Å². The Morgan fingerprint density at radius 2 is 1.89 bits per heavy atom. The van der Waals surface area contributed by atoms with E-state index >= 15 is 0 Å². The Kier molecular flexibility index (Phi) is 3.53. The zero-order valence-electron chi connectivity index (χ0n) is 11.8. The van der Waals surface area contributed by atoms with Gasteiger partial charge in [0.15, 0.2) is 11.5 Å². The van der Waals surface area contributed by atoms with E-state index in [1.165, 1.54) is 36.0 Å². The second-order valence-corrected chi connectivity index (χ2v) is 5.27. The van der Waals surface area contributed by atoms with Gasteiger partial charge in [-0.05, 0) is 49.4 Å². The van der Waals surface area contributed by atoms with Crippen LogP contribution in [0, 0.1) is 13.8 Å². The van der Waals surface area contributed by atoms with Gasteiger partial charge in [0.1, 0.15) is 0 Å². The molecule has 0 amide bonds. The molecular formula is C15H23NO2. The van der Waals surface area contributed by atoms with E-state index in [4.69, 9.17) is 15.2 Å². The van der Waals surface area contributed by atoms with Crippen LogP contribution in [0.15, 0.2) is 6.07 Å². The summed E-state index contributed by atoms with van der Waals surface area (Å²) in [6.45, 7) is 4.96. The first-order valence-corrected chi connectivity index (χ1v) is 6.52. The van der Waals surface area contributed by atoms with Crippen molar-refractivity contribution in [1.82, 2.24) is 0 Å². The van der Waals surface area contributed by atoms with Crippen LogP contribution >= 0.6 is 0 Å². The van der Waals surface area contributed by atoms with Crippen molar-refractivity contribution in [2.75, 3.05) is 20.8 Å². The lowest BCUT2D eigenvalue weighted by atomic mass is 9.62. The molecule has 100 valence electrons. The number of benzene rings is 1. The summed E-state index contributed by atoms with van der Waals surface area (Å²) in [4.78, 5) is 0. The molecule has 3 nitrogen and oxygen atoms in total. The first-order valence-electron chi connectivity index (χ1n) is 6.52. The second-order valence-electron chi connectivity index (χ2n) is 5.27. The molecule has 0 heterocycles. The van der Waals surface area contributed by atoms with Crippen molar-refractivity contribution in [2.45, 2.75) is 38.5 Å². The van der Waals surface area contributed by atoms with Gasteiger partial charge in [-0.2, -0.15) is 0 Å². The number of ether oxygens (including phenoxy) is 2. The van der Waals surface area contributed by atoms with Crippen LogP contribution in [0.25, 0.3) is 0 Å². The highest BCUT2D eigenvalue weighted by atomic mass is 16.5. The van der Waals surface area contributed by atoms with Crippen LogP contribution in [0.4, 0.5) is 0 Å². The normalized spacial score (nSPS) is 17.2. The average Bonchev–Trinajstić information content (AvgIpc) is 2.31. The molecule has 1 aliphatic rings. The van der Waals surface area contributed by atoms with Crippen LogP contribution in [0.5, 0.6) is 11.5 Å². The zero-order valence-corrected chi connectivity index (χ0v) is 11.8. The quantitative estimate of drug-likeness (QED) is 0.892. The lowest BCUT2D eigenvalue weighted by Gasteiger charge is -2.43. The van der Waals surface area contributed by atoms with E-state index in [1.807, 2.05) is 0 Å². The highest BCUT2D eigenvalue weighted by Gasteiger charge is 2.40. The predicted molar refractivity (Wildman–Crippen MR) is 73.6 cm³/mol. The fraction of sp³-hybridized carbons (Fsp3) is 0.600. The lowest BCUT2D eigenvalue weighted by Crippen LogP contribution is -2.42. The van der Waals surface area contributed by atoms with Crippen LogP contribution in [-0.4, -0.2) is 20.8 Å². The zero-order chi connectivity index (χ0) is 13.3. The number of aryl methyl sites for hydroxylation is 1. The van der Waals surface area contributed by atoms with Crippen LogP contribution in [-0.2, 0) is 5.41 Å². The van der Waals surface area contributed by atoms with Gasteiger partial charge in [0.25, 0.3) is 0 Å². The molecule has 0 atom stereocenters. The first-order chi connectivity index (χ1) is 8.59. The summed E-state index contributed by atoms with van der Waals surface area (Å²) in [6, 6.07) is 2.07. The maximum atomic E-state index is 6.03. The molecule has 0 aliphatic heterocycles. The standard InChI is InChI=1S/C15H23NO2/c1-10-8-12(17-3)14(18-4)11(2)13(10)15(9-16)6-5-7-15/h8H,5-7,9,16H2,1-4H3. The largest absolute Gasteiger partial charge is 0.493 e. The summed E-state index contributed by atoms with van der Waals surface area (Å²) in [7, 11) is 3.37. The Labute approximate surface area is 109 Å². The van der Waals surface area contributed by atoms with Gasteiger partial charge in [-0.3, -0.25) is 0 Å². The molecule has 2 N–H and O–H groups in total. The van der Waals surface area contributed by atoms with Gasteiger partial charge in [0.2, 0.25) is 0 Å². The third kappa shape index (κ3) is 1.77. The molecular weight excluding hydrogens is 226 g/mol. The highest BCUT2D eigenvalue weighted by molar-refractivity contribution is 5.56. The molecule has 1 aromatic rings. The topological polar surface area (TPSA) is 44.5 Å². The number of hydrogen-bond donors (Lipinski definition) is 1. The van der Waals surface area contributed by atoms with Crippen molar-refractivity contribution >= 4 is 0 Å². The number of rotatable bonds is 4. The van der Waals surface area contributed by atoms with Crippen molar-refractivity contribution < 1.29 is 9.47 Å². The van der Waals surface area contributed by atoms with Crippen molar-refractivity contribution in [2.24, 2.45) is 5.73 Å². The van der Waals surface area contributed by atoms with E-state index in [1.54, 1.807) is 14.2 Å². The molecule has 1 fully saturated rings. The molecule has 1 saturated carbocycles. The lowest BCUT2D eigenvalue weighted by molar-refractivity contribution is 0.248. The minimum Gasteiger partial charge on any atom is -0.493 e. The molecule has 0 saturated heterocycles. The molecule has 1 aromatic carbocycles. The van der Waals surface area contributed by atoms with Crippen molar-refractivity contribution in [3.63, 3.8) is 0 Å². The van der Waals surface area contributed by atoms with Crippen molar-refractivity contribution in [3.8, 4) is 11.5 Å². The monoisotopic (exact) mass is 249 g/mol. The predicted octanol–water partition coefficient (Wildman–Crippen LogP) is 2.70. The fourth-order valence-electron chi connectivity index (χ4n) is 3.31. The second kappa shape index (κ2) is 4.81. The van der Waals surface area contributed by atoms with Crippen LogP contribution in [0.1, 0.15) is 36.0 Å². The Balaban J connectivity index is 2.61. The van der Waals surface area contributed by atoms with E-state index in [9.17, 15) is 0 Å². The molecule has 0 bridgehead atoms. The Morgan fingerprint density at radius 3 is 2.28 bits per heavy atom. The van der Waals surface area contributed by atoms with E-state index in [2.05, 4.69) is 19.9 Å². The van der Waals surface area contributed by atoms with E-state index in [0.29, 0.717) is 6.54 Å². The third-order valence-electron chi connectivity index (χ3n) is 4.34. The Bertz CT molecular complexity index is 445. The van der Waals surface area contributed by atoms with Gasteiger partial charge in [-0.1, -0.05) is 6.42 Å². The summed E-state index contributed by atoms with van der Waals surface area (Å²) < 4.78 is 10.9. The summed E-state index contributed by atoms with van der Waals surface area (Å²) in [5, 5.41) is 0. The van der Waals surface area contributed by atoms with Gasteiger partial charge < -0.3 is 15.2 Å². The maximum absolute atomic E-state index is 6.03. The highest BCUT2D eigenvalue weighted by Crippen LogP contribution is 2.49. The fourth-order valence-corrected chi connectivity index (χ4v) is 3.31. The molecule has 1 aliphatic carbocycles. The number of methoxy groups -OCH3 is 2. The first kappa shape index (κ1) is 13.2. The van der Waals surface area contributed by atoms with Crippen molar-refractivity contribution in [1.29, 1.82) is 0 Å². The summed E-state index contributed by atoms with van der Waals surface area (Å²) in [5.41, 5.74) is 10.00. The number of nitrogens with two attached hydrogens (primary N) is 1. The molecule has 18 heavy (non-hydrogen) atoms. The van der Waals surface area contributed by atoms with Gasteiger partial charge in [0.05, 0.1) is 14.2 Å². The third-order valence-corrected chi connectivity index (χ3v) is 4.34.